The predicted molar refractivity (Wildman–Crippen MR) is 67.6 cm³/mol. The quantitative estimate of drug-likeness (QED) is 0.704. The molecule has 0 aliphatic heterocycles. The molecular formula is C9H17N3O3S2. The molecule has 1 unspecified atom stereocenters. The van der Waals surface area contributed by atoms with Gasteiger partial charge in [0.1, 0.15) is 0 Å². The number of aryl methyl sites for hydroxylation is 1. The maximum Gasteiger partial charge on any atom is 0.249 e. The van der Waals surface area contributed by atoms with Crippen LogP contribution in [0.5, 0.6) is 0 Å². The van der Waals surface area contributed by atoms with Crippen LogP contribution in [0.2, 0.25) is 0 Å². The first kappa shape index (κ1) is 14.4. The first-order chi connectivity index (χ1) is 7.84. The van der Waals surface area contributed by atoms with Crippen molar-refractivity contribution < 1.29 is 13.5 Å². The number of sulfonamides is 1. The lowest BCUT2D eigenvalue weighted by molar-refractivity contribution is 0.266. The van der Waals surface area contributed by atoms with Crippen molar-refractivity contribution in [2.45, 2.75) is 24.5 Å². The number of nitrogens with one attached hydrogen (secondary N) is 1. The van der Waals surface area contributed by atoms with E-state index in [9.17, 15) is 8.42 Å². The Morgan fingerprint density at radius 2 is 2.24 bits per heavy atom. The van der Waals surface area contributed by atoms with Gasteiger partial charge >= 0.3 is 0 Å². The van der Waals surface area contributed by atoms with E-state index in [2.05, 4.69) is 10.3 Å². The van der Waals surface area contributed by atoms with Crippen LogP contribution in [-0.4, -0.2) is 31.7 Å². The highest BCUT2D eigenvalue weighted by molar-refractivity contribution is 7.91. The molecule has 0 saturated heterocycles. The fourth-order valence-corrected chi connectivity index (χ4v) is 3.17. The Bertz CT molecular complexity index is 470. The monoisotopic (exact) mass is 279 g/mol. The number of aromatic nitrogens is 1. The molecule has 4 N–H and O–H groups in total. The lowest BCUT2D eigenvalue weighted by Crippen LogP contribution is -2.12. The molecule has 0 fully saturated rings. The first-order valence-electron chi connectivity index (χ1n) is 5.19. The Morgan fingerprint density at radius 3 is 2.71 bits per heavy atom. The van der Waals surface area contributed by atoms with E-state index in [1.807, 2.05) is 6.92 Å². The van der Waals surface area contributed by atoms with E-state index in [4.69, 9.17) is 10.2 Å². The van der Waals surface area contributed by atoms with Crippen molar-refractivity contribution in [1.82, 2.24) is 4.98 Å². The van der Waals surface area contributed by atoms with Gasteiger partial charge in [0.05, 0.1) is 5.69 Å². The zero-order chi connectivity index (χ0) is 13.1. The van der Waals surface area contributed by atoms with E-state index in [1.54, 1.807) is 6.92 Å². The van der Waals surface area contributed by atoms with Crippen LogP contribution in [-0.2, 0) is 10.0 Å². The van der Waals surface area contributed by atoms with E-state index in [0.717, 1.165) is 11.3 Å². The number of hydrogen-bond donors (Lipinski definition) is 3. The smallest absolute Gasteiger partial charge is 0.249 e. The van der Waals surface area contributed by atoms with E-state index in [0.29, 0.717) is 29.7 Å². The summed E-state index contributed by atoms with van der Waals surface area (Å²) in [4.78, 5) is 4.09. The molecule has 6 nitrogen and oxygen atoms in total. The Kier molecular flexibility index (Phi) is 4.87. The van der Waals surface area contributed by atoms with E-state index in [1.165, 1.54) is 0 Å². The summed E-state index contributed by atoms with van der Waals surface area (Å²) in [6, 6.07) is 0. The van der Waals surface area contributed by atoms with Crippen molar-refractivity contribution in [2.75, 3.05) is 18.5 Å². The van der Waals surface area contributed by atoms with Crippen LogP contribution in [0.15, 0.2) is 4.21 Å². The average Bonchev–Trinajstić information content (AvgIpc) is 2.57. The summed E-state index contributed by atoms with van der Waals surface area (Å²) in [5, 5.41) is 17.4. The third-order valence-electron chi connectivity index (χ3n) is 2.24. The van der Waals surface area contributed by atoms with Gasteiger partial charge in [0.2, 0.25) is 10.0 Å². The lowest BCUT2D eigenvalue weighted by atomic mass is 10.1. The van der Waals surface area contributed by atoms with Crippen LogP contribution in [0.25, 0.3) is 0 Å². The second-order valence-electron chi connectivity index (χ2n) is 3.94. The number of thiazole rings is 1. The van der Waals surface area contributed by atoms with Gasteiger partial charge in [0.15, 0.2) is 9.34 Å². The number of nitrogens with two attached hydrogens (primary N) is 1. The Balaban J connectivity index is 2.69. The van der Waals surface area contributed by atoms with Gasteiger partial charge in [-0.15, -0.1) is 0 Å². The molecule has 1 heterocycles. The topological polar surface area (TPSA) is 105 Å². The molecule has 0 spiro atoms. The molecule has 0 aliphatic rings. The standard InChI is InChI=1S/C9H17N3O3S2/c1-6(3-4-13)5-11-9-12-7(2)8(16-9)17(10,14)15/h6,13H,3-5H2,1-2H3,(H,11,12)(H2,10,14,15). The van der Waals surface area contributed by atoms with Crippen LogP contribution >= 0.6 is 11.3 Å². The molecule has 17 heavy (non-hydrogen) atoms. The second-order valence-corrected chi connectivity index (χ2v) is 6.69. The summed E-state index contributed by atoms with van der Waals surface area (Å²) in [6.07, 6.45) is 0.694. The highest BCUT2D eigenvalue weighted by atomic mass is 32.2. The summed E-state index contributed by atoms with van der Waals surface area (Å²) in [7, 11) is -3.69. The molecular weight excluding hydrogens is 262 g/mol. The van der Waals surface area contributed by atoms with Gasteiger partial charge in [-0.3, -0.25) is 0 Å². The summed E-state index contributed by atoms with van der Waals surface area (Å²) in [5.41, 5.74) is 0.412. The number of nitrogens with zero attached hydrogens (tertiary/aromatic N) is 1. The summed E-state index contributed by atoms with van der Waals surface area (Å²) >= 11 is 1.03. The number of anilines is 1. The zero-order valence-corrected chi connectivity index (χ0v) is 11.4. The Morgan fingerprint density at radius 1 is 1.59 bits per heavy atom. The van der Waals surface area contributed by atoms with Crippen molar-refractivity contribution in [3.05, 3.63) is 5.69 Å². The van der Waals surface area contributed by atoms with E-state index in [-0.39, 0.29) is 10.8 Å². The van der Waals surface area contributed by atoms with Gasteiger partial charge < -0.3 is 10.4 Å². The van der Waals surface area contributed by atoms with Crippen LogP contribution in [0.3, 0.4) is 0 Å². The SMILES string of the molecule is Cc1nc(NCC(C)CCO)sc1S(N)(=O)=O. The van der Waals surface area contributed by atoms with Gasteiger partial charge in [-0.05, 0) is 19.3 Å². The molecule has 0 amide bonds. The van der Waals surface area contributed by atoms with Gasteiger partial charge in [-0.25, -0.2) is 18.5 Å². The van der Waals surface area contributed by atoms with Crippen LogP contribution < -0.4 is 10.5 Å². The normalized spacial score (nSPS) is 13.6. The number of primary sulfonamides is 1. The Hall–Kier alpha value is -0.700. The Labute approximate surface area is 105 Å². The molecule has 1 rings (SSSR count). The molecule has 0 bridgehead atoms. The fraction of sp³-hybridized carbons (Fsp3) is 0.667. The van der Waals surface area contributed by atoms with Crippen LogP contribution in [0.4, 0.5) is 5.13 Å². The third kappa shape index (κ3) is 4.23. The number of rotatable bonds is 6. The van der Waals surface area contributed by atoms with Crippen molar-refractivity contribution in [3.8, 4) is 0 Å². The van der Waals surface area contributed by atoms with E-state index >= 15 is 0 Å². The van der Waals surface area contributed by atoms with Gasteiger partial charge in [-0.1, -0.05) is 18.3 Å². The van der Waals surface area contributed by atoms with Crippen LogP contribution in [0, 0.1) is 12.8 Å². The third-order valence-corrected chi connectivity index (χ3v) is 4.91. The minimum absolute atomic E-state index is 0.0924. The summed E-state index contributed by atoms with van der Waals surface area (Å²) in [6.45, 7) is 4.38. The van der Waals surface area contributed by atoms with Crippen LogP contribution in [0.1, 0.15) is 19.0 Å². The van der Waals surface area contributed by atoms with Gasteiger partial charge in [-0.2, -0.15) is 0 Å². The molecule has 0 aliphatic carbocycles. The van der Waals surface area contributed by atoms with E-state index < -0.39 is 10.0 Å². The summed E-state index contributed by atoms with van der Waals surface area (Å²) in [5.74, 6) is 0.294. The molecule has 1 aromatic rings. The molecule has 0 aromatic carbocycles. The number of hydrogen-bond acceptors (Lipinski definition) is 6. The molecule has 1 aromatic heterocycles. The molecule has 1 atom stereocenters. The molecule has 0 radical (unpaired) electrons. The molecule has 0 saturated carbocycles. The van der Waals surface area contributed by atoms with Crippen molar-refractivity contribution in [3.63, 3.8) is 0 Å². The number of aliphatic hydroxyl groups is 1. The highest BCUT2D eigenvalue weighted by Crippen LogP contribution is 2.26. The zero-order valence-electron chi connectivity index (χ0n) is 9.80. The number of aliphatic hydroxyl groups excluding tert-OH is 1. The molecule has 8 heteroatoms. The minimum atomic E-state index is -3.69. The maximum atomic E-state index is 11.2. The molecule has 98 valence electrons. The maximum absolute atomic E-state index is 11.2. The van der Waals surface area contributed by atoms with Crippen molar-refractivity contribution in [2.24, 2.45) is 11.1 Å². The van der Waals surface area contributed by atoms with Gasteiger partial charge in [0.25, 0.3) is 0 Å². The fourth-order valence-electron chi connectivity index (χ4n) is 1.31. The lowest BCUT2D eigenvalue weighted by Gasteiger charge is -2.09. The second kappa shape index (κ2) is 5.76. The largest absolute Gasteiger partial charge is 0.396 e. The van der Waals surface area contributed by atoms with Gasteiger partial charge in [0, 0.05) is 13.2 Å². The highest BCUT2D eigenvalue weighted by Gasteiger charge is 2.17. The average molecular weight is 279 g/mol. The van der Waals surface area contributed by atoms with Crippen molar-refractivity contribution in [1.29, 1.82) is 0 Å². The minimum Gasteiger partial charge on any atom is -0.396 e. The predicted octanol–water partition coefficient (Wildman–Crippen LogP) is 0.529. The van der Waals surface area contributed by atoms with Crippen molar-refractivity contribution >= 4 is 26.5 Å². The summed E-state index contributed by atoms with van der Waals surface area (Å²) < 4.78 is 22.5. The first-order valence-corrected chi connectivity index (χ1v) is 7.56.